The maximum absolute atomic E-state index is 5.28. The van der Waals surface area contributed by atoms with Crippen LogP contribution in [0.3, 0.4) is 0 Å². The van der Waals surface area contributed by atoms with Crippen molar-refractivity contribution >= 4 is 15.9 Å². The lowest BCUT2D eigenvalue weighted by molar-refractivity contribution is 0.460. The van der Waals surface area contributed by atoms with Crippen LogP contribution < -0.4 is 5.32 Å². The number of halogens is 1. The van der Waals surface area contributed by atoms with Crippen LogP contribution in [-0.4, -0.2) is 0 Å². The van der Waals surface area contributed by atoms with Gasteiger partial charge in [0.2, 0.25) is 0 Å². The van der Waals surface area contributed by atoms with Crippen molar-refractivity contribution in [3.8, 4) is 0 Å². The Morgan fingerprint density at radius 2 is 2.06 bits per heavy atom. The summed E-state index contributed by atoms with van der Waals surface area (Å²) in [5.41, 5.74) is 1.26. The normalized spacial score (nSPS) is 12.6. The summed E-state index contributed by atoms with van der Waals surface area (Å²) in [6.45, 7) is 2.89. The highest BCUT2D eigenvalue weighted by Gasteiger charge is 2.08. The molecule has 2 nitrogen and oxygen atoms in total. The molecule has 0 aliphatic rings. The molecule has 1 unspecified atom stereocenters. The first-order valence-corrected chi connectivity index (χ1v) is 6.07. The van der Waals surface area contributed by atoms with Crippen molar-refractivity contribution in [1.29, 1.82) is 0 Å². The first-order chi connectivity index (χ1) is 7.77. The second-order valence-electron chi connectivity index (χ2n) is 3.70. The van der Waals surface area contributed by atoms with Gasteiger partial charge in [-0.15, -0.1) is 0 Å². The second-order valence-corrected chi connectivity index (χ2v) is 4.56. The van der Waals surface area contributed by atoms with Crippen LogP contribution in [0.5, 0.6) is 0 Å². The van der Waals surface area contributed by atoms with Crippen LogP contribution in [0.1, 0.15) is 24.3 Å². The third-order valence-electron chi connectivity index (χ3n) is 2.53. The van der Waals surface area contributed by atoms with E-state index in [-0.39, 0.29) is 0 Å². The molecule has 0 fully saturated rings. The van der Waals surface area contributed by atoms with Crippen LogP contribution >= 0.6 is 15.9 Å². The van der Waals surface area contributed by atoms with E-state index < -0.39 is 0 Å². The van der Waals surface area contributed by atoms with Crippen molar-refractivity contribution in [2.75, 3.05) is 0 Å². The van der Waals surface area contributed by atoms with Crippen molar-refractivity contribution in [3.05, 3.63) is 58.5 Å². The molecule has 0 amide bonds. The SMILES string of the molecule is CC(NCc1ccco1)c1ccccc1Br. The van der Waals surface area contributed by atoms with Gasteiger partial charge in [-0.25, -0.2) is 0 Å². The van der Waals surface area contributed by atoms with Gasteiger partial charge < -0.3 is 9.73 Å². The number of hydrogen-bond donors (Lipinski definition) is 1. The fourth-order valence-electron chi connectivity index (χ4n) is 1.60. The highest BCUT2D eigenvalue weighted by molar-refractivity contribution is 9.10. The van der Waals surface area contributed by atoms with Gasteiger partial charge in [-0.05, 0) is 30.7 Å². The number of furan rings is 1. The lowest BCUT2D eigenvalue weighted by atomic mass is 10.1. The Balaban J connectivity index is 1.98. The summed E-state index contributed by atoms with van der Waals surface area (Å²) >= 11 is 3.55. The van der Waals surface area contributed by atoms with E-state index in [2.05, 4.69) is 40.3 Å². The first kappa shape index (κ1) is 11.4. The van der Waals surface area contributed by atoms with E-state index in [1.54, 1.807) is 6.26 Å². The predicted octanol–water partition coefficient (Wildman–Crippen LogP) is 3.89. The molecule has 1 N–H and O–H groups in total. The molecular formula is C13H14BrNO. The summed E-state index contributed by atoms with van der Waals surface area (Å²) < 4.78 is 6.41. The maximum atomic E-state index is 5.28. The molecule has 0 saturated carbocycles. The van der Waals surface area contributed by atoms with Gasteiger partial charge in [0.25, 0.3) is 0 Å². The van der Waals surface area contributed by atoms with Crippen LogP contribution in [0.15, 0.2) is 51.6 Å². The number of hydrogen-bond acceptors (Lipinski definition) is 2. The van der Waals surface area contributed by atoms with Crippen molar-refractivity contribution in [3.63, 3.8) is 0 Å². The zero-order valence-electron chi connectivity index (χ0n) is 9.11. The Kier molecular flexibility index (Phi) is 3.80. The van der Waals surface area contributed by atoms with Crippen molar-refractivity contribution in [1.82, 2.24) is 5.32 Å². The lowest BCUT2D eigenvalue weighted by Crippen LogP contribution is -2.18. The van der Waals surface area contributed by atoms with Gasteiger partial charge in [0.1, 0.15) is 5.76 Å². The minimum atomic E-state index is 0.292. The van der Waals surface area contributed by atoms with Crippen LogP contribution in [0.25, 0.3) is 0 Å². The van der Waals surface area contributed by atoms with Crippen LogP contribution in [-0.2, 0) is 6.54 Å². The molecule has 0 spiro atoms. The average Bonchev–Trinajstić information content (AvgIpc) is 2.79. The van der Waals surface area contributed by atoms with Crippen molar-refractivity contribution in [2.24, 2.45) is 0 Å². The molecule has 0 saturated heterocycles. The highest BCUT2D eigenvalue weighted by atomic mass is 79.9. The third kappa shape index (κ3) is 2.74. The van der Waals surface area contributed by atoms with E-state index in [0.717, 1.165) is 16.8 Å². The molecule has 3 heteroatoms. The van der Waals surface area contributed by atoms with E-state index in [4.69, 9.17) is 4.42 Å². The van der Waals surface area contributed by atoms with Crippen LogP contribution in [0.4, 0.5) is 0 Å². The molecule has 0 bridgehead atoms. The quantitative estimate of drug-likeness (QED) is 0.919. The fourth-order valence-corrected chi connectivity index (χ4v) is 2.23. The van der Waals surface area contributed by atoms with Gasteiger partial charge in [-0.1, -0.05) is 34.1 Å². The third-order valence-corrected chi connectivity index (χ3v) is 3.26. The molecular weight excluding hydrogens is 266 g/mol. The molecule has 1 aromatic carbocycles. The van der Waals surface area contributed by atoms with E-state index in [1.807, 2.05) is 24.3 Å². The standard InChI is InChI=1S/C13H14BrNO/c1-10(12-6-2-3-7-13(12)14)15-9-11-5-4-8-16-11/h2-8,10,15H,9H2,1H3. The predicted molar refractivity (Wildman–Crippen MR) is 68.1 cm³/mol. The molecule has 84 valence electrons. The zero-order valence-corrected chi connectivity index (χ0v) is 10.7. The minimum Gasteiger partial charge on any atom is -0.468 e. The van der Waals surface area contributed by atoms with E-state index in [0.29, 0.717) is 6.04 Å². The molecule has 0 aliphatic heterocycles. The first-order valence-electron chi connectivity index (χ1n) is 5.27. The van der Waals surface area contributed by atoms with Crippen LogP contribution in [0, 0.1) is 0 Å². The Morgan fingerprint density at radius 3 is 2.75 bits per heavy atom. The summed E-state index contributed by atoms with van der Waals surface area (Å²) in [4.78, 5) is 0. The lowest BCUT2D eigenvalue weighted by Gasteiger charge is -2.14. The Hall–Kier alpha value is -1.06. The number of nitrogens with one attached hydrogen (secondary N) is 1. The summed E-state index contributed by atoms with van der Waals surface area (Å²) in [7, 11) is 0. The summed E-state index contributed by atoms with van der Waals surface area (Å²) in [6, 6.07) is 12.4. The summed E-state index contributed by atoms with van der Waals surface area (Å²) in [6.07, 6.45) is 1.69. The van der Waals surface area contributed by atoms with Gasteiger partial charge in [0.05, 0.1) is 12.8 Å². The van der Waals surface area contributed by atoms with E-state index in [9.17, 15) is 0 Å². The zero-order chi connectivity index (χ0) is 11.4. The molecule has 2 aromatic rings. The minimum absolute atomic E-state index is 0.292. The number of benzene rings is 1. The molecule has 1 aromatic heterocycles. The number of rotatable bonds is 4. The Labute approximate surface area is 104 Å². The van der Waals surface area contributed by atoms with E-state index in [1.165, 1.54) is 5.56 Å². The van der Waals surface area contributed by atoms with Gasteiger partial charge in [-0.3, -0.25) is 0 Å². The summed E-state index contributed by atoms with van der Waals surface area (Å²) in [5.74, 6) is 0.957. The molecule has 0 radical (unpaired) electrons. The van der Waals surface area contributed by atoms with Gasteiger partial charge in [0, 0.05) is 10.5 Å². The monoisotopic (exact) mass is 279 g/mol. The van der Waals surface area contributed by atoms with Crippen LogP contribution in [0.2, 0.25) is 0 Å². The Morgan fingerprint density at radius 1 is 1.25 bits per heavy atom. The topological polar surface area (TPSA) is 25.2 Å². The maximum Gasteiger partial charge on any atom is 0.117 e. The largest absolute Gasteiger partial charge is 0.468 e. The Bertz CT molecular complexity index is 439. The molecule has 2 rings (SSSR count). The molecule has 16 heavy (non-hydrogen) atoms. The molecule has 0 aliphatic carbocycles. The smallest absolute Gasteiger partial charge is 0.117 e. The van der Waals surface area contributed by atoms with Crippen molar-refractivity contribution in [2.45, 2.75) is 19.5 Å². The summed E-state index contributed by atoms with van der Waals surface area (Å²) in [5, 5.41) is 3.42. The van der Waals surface area contributed by atoms with Gasteiger partial charge in [-0.2, -0.15) is 0 Å². The highest BCUT2D eigenvalue weighted by Crippen LogP contribution is 2.22. The van der Waals surface area contributed by atoms with E-state index >= 15 is 0 Å². The van der Waals surface area contributed by atoms with Crippen molar-refractivity contribution < 1.29 is 4.42 Å². The fraction of sp³-hybridized carbons (Fsp3) is 0.231. The average molecular weight is 280 g/mol. The molecule has 1 atom stereocenters. The second kappa shape index (κ2) is 5.32. The molecule has 1 heterocycles. The van der Waals surface area contributed by atoms with Gasteiger partial charge >= 0.3 is 0 Å². The van der Waals surface area contributed by atoms with Gasteiger partial charge in [0.15, 0.2) is 0 Å².